The number of aryl methyl sites for hydroxylation is 1. The van der Waals surface area contributed by atoms with Crippen LogP contribution in [-0.2, 0) is 19.8 Å². The standard InChI is InChI=1S/C25H17Cl2F3N6O3/c1-34-23(37)20(14-4-6-16(26)7-5-14)19(15-9-17(27)22(39-2)32-11-15)21-33-35(24(38)36(21)34)12-13-3-8-18(31-10-13)25(28,29)30/h3-11H,12H2,1-2H3. The largest absolute Gasteiger partial charge is 0.480 e. The lowest BCUT2D eigenvalue weighted by molar-refractivity contribution is -0.141. The van der Waals surface area contributed by atoms with Gasteiger partial charge < -0.3 is 4.74 Å². The molecule has 200 valence electrons. The molecule has 4 aromatic heterocycles. The number of fused-ring (bicyclic) bond motifs is 1. The minimum atomic E-state index is -4.60. The summed E-state index contributed by atoms with van der Waals surface area (Å²) in [5, 5.41) is 5.08. The monoisotopic (exact) mass is 576 g/mol. The second-order valence-electron chi connectivity index (χ2n) is 8.43. The molecule has 9 nitrogen and oxygen atoms in total. The molecule has 0 aliphatic rings. The number of pyridine rings is 2. The van der Waals surface area contributed by atoms with E-state index in [2.05, 4.69) is 15.1 Å². The molecule has 0 aliphatic carbocycles. The first kappa shape index (κ1) is 26.4. The summed E-state index contributed by atoms with van der Waals surface area (Å²) in [6.07, 6.45) is -2.15. The molecule has 0 radical (unpaired) electrons. The molecule has 1 aromatic carbocycles. The van der Waals surface area contributed by atoms with E-state index in [1.54, 1.807) is 24.3 Å². The molecule has 0 bridgehead atoms. The molecule has 0 N–H and O–H groups in total. The van der Waals surface area contributed by atoms with Gasteiger partial charge in [-0.05, 0) is 35.4 Å². The van der Waals surface area contributed by atoms with E-state index < -0.39 is 23.1 Å². The number of alkyl halides is 3. The number of benzene rings is 1. The van der Waals surface area contributed by atoms with E-state index in [1.807, 2.05) is 0 Å². The summed E-state index contributed by atoms with van der Waals surface area (Å²) in [6.45, 7) is -0.197. The molecule has 0 unspecified atom stereocenters. The van der Waals surface area contributed by atoms with Gasteiger partial charge in [0, 0.05) is 35.6 Å². The summed E-state index contributed by atoms with van der Waals surface area (Å²) < 4.78 is 47.1. The fourth-order valence-corrected chi connectivity index (χ4v) is 4.50. The smallest absolute Gasteiger partial charge is 0.433 e. The lowest BCUT2D eigenvalue weighted by Gasteiger charge is -2.14. The second kappa shape index (κ2) is 9.86. The van der Waals surface area contributed by atoms with Crippen molar-refractivity contribution in [2.45, 2.75) is 12.7 Å². The second-order valence-corrected chi connectivity index (χ2v) is 9.27. The number of ether oxygens (including phenoxy) is 1. The first-order valence-corrected chi connectivity index (χ1v) is 12.0. The average Bonchev–Trinajstić information content (AvgIpc) is 3.22. The molecule has 0 amide bonds. The van der Waals surface area contributed by atoms with Gasteiger partial charge in [-0.2, -0.15) is 17.7 Å². The van der Waals surface area contributed by atoms with Crippen LogP contribution >= 0.6 is 23.2 Å². The molecule has 0 fully saturated rings. The van der Waals surface area contributed by atoms with E-state index >= 15 is 0 Å². The van der Waals surface area contributed by atoms with Crippen LogP contribution in [0.1, 0.15) is 11.3 Å². The lowest BCUT2D eigenvalue weighted by atomic mass is 9.97. The highest BCUT2D eigenvalue weighted by Crippen LogP contribution is 2.35. The summed E-state index contributed by atoms with van der Waals surface area (Å²) >= 11 is 12.4. The molecule has 0 saturated carbocycles. The van der Waals surface area contributed by atoms with Crippen LogP contribution in [0.4, 0.5) is 13.2 Å². The number of methoxy groups -OCH3 is 1. The quantitative estimate of drug-likeness (QED) is 0.301. The van der Waals surface area contributed by atoms with E-state index in [1.165, 1.54) is 32.5 Å². The van der Waals surface area contributed by atoms with E-state index in [-0.39, 0.29) is 34.2 Å². The SMILES string of the molecule is COc1ncc(-c2c(-c3ccc(Cl)cc3)c(=O)n(C)n3c(=O)n(Cc4ccc(C(F)(F)F)nc4)nc23)cc1Cl. The fraction of sp³-hybridized carbons (Fsp3) is 0.160. The van der Waals surface area contributed by atoms with Crippen molar-refractivity contribution in [3.8, 4) is 28.1 Å². The Morgan fingerprint density at radius 2 is 1.67 bits per heavy atom. The van der Waals surface area contributed by atoms with Crippen molar-refractivity contribution in [2.75, 3.05) is 7.11 Å². The van der Waals surface area contributed by atoms with Crippen LogP contribution in [0, 0.1) is 0 Å². The van der Waals surface area contributed by atoms with Crippen LogP contribution in [0.3, 0.4) is 0 Å². The highest BCUT2D eigenvalue weighted by atomic mass is 35.5. The van der Waals surface area contributed by atoms with Gasteiger partial charge in [-0.1, -0.05) is 41.4 Å². The predicted octanol–water partition coefficient (Wildman–Crippen LogP) is 4.70. The third-order valence-electron chi connectivity index (χ3n) is 5.97. The first-order chi connectivity index (χ1) is 18.5. The minimum absolute atomic E-state index is 0.0926. The van der Waals surface area contributed by atoms with Crippen molar-refractivity contribution in [2.24, 2.45) is 7.05 Å². The fourth-order valence-electron chi connectivity index (χ4n) is 4.13. The Balaban J connectivity index is 1.77. The van der Waals surface area contributed by atoms with Crippen molar-refractivity contribution < 1.29 is 17.9 Å². The van der Waals surface area contributed by atoms with Crippen molar-refractivity contribution >= 4 is 28.8 Å². The normalized spacial score (nSPS) is 11.8. The molecule has 0 saturated heterocycles. The highest BCUT2D eigenvalue weighted by Gasteiger charge is 2.32. The van der Waals surface area contributed by atoms with Crippen LogP contribution in [0.2, 0.25) is 10.0 Å². The third kappa shape index (κ3) is 4.77. The zero-order chi connectivity index (χ0) is 28.1. The Bertz CT molecular complexity index is 1830. The maximum absolute atomic E-state index is 13.7. The Morgan fingerprint density at radius 3 is 2.26 bits per heavy atom. The summed E-state index contributed by atoms with van der Waals surface area (Å²) in [5.41, 5.74) is -0.542. The van der Waals surface area contributed by atoms with E-state index in [9.17, 15) is 22.8 Å². The zero-order valence-electron chi connectivity index (χ0n) is 20.2. The van der Waals surface area contributed by atoms with Gasteiger partial charge in [0.25, 0.3) is 5.56 Å². The number of hydrogen-bond acceptors (Lipinski definition) is 6. The number of rotatable bonds is 5. The zero-order valence-corrected chi connectivity index (χ0v) is 21.7. The van der Waals surface area contributed by atoms with Gasteiger partial charge in [0.15, 0.2) is 5.65 Å². The summed E-state index contributed by atoms with van der Waals surface area (Å²) in [6, 6.07) is 10.1. The minimum Gasteiger partial charge on any atom is -0.480 e. The first-order valence-electron chi connectivity index (χ1n) is 11.2. The topological polar surface area (TPSA) is 96.3 Å². The number of nitrogens with zero attached hydrogens (tertiary/aromatic N) is 6. The van der Waals surface area contributed by atoms with Crippen LogP contribution < -0.4 is 16.0 Å². The Kier molecular flexibility index (Phi) is 6.69. The summed E-state index contributed by atoms with van der Waals surface area (Å²) in [5.74, 6) is 0.158. The third-order valence-corrected chi connectivity index (χ3v) is 6.49. The van der Waals surface area contributed by atoms with Gasteiger partial charge in [0.05, 0.1) is 19.2 Å². The number of hydrogen-bond donors (Lipinski definition) is 0. The van der Waals surface area contributed by atoms with Crippen LogP contribution in [0.5, 0.6) is 5.88 Å². The van der Waals surface area contributed by atoms with Gasteiger partial charge in [-0.25, -0.2) is 19.1 Å². The van der Waals surface area contributed by atoms with Crippen LogP contribution in [0.25, 0.3) is 27.9 Å². The molecule has 5 rings (SSSR count). The Morgan fingerprint density at radius 1 is 0.949 bits per heavy atom. The molecule has 4 heterocycles. The Labute approximate surface area is 227 Å². The van der Waals surface area contributed by atoms with Crippen molar-refractivity contribution in [3.05, 3.63) is 97.0 Å². The van der Waals surface area contributed by atoms with Crippen molar-refractivity contribution in [3.63, 3.8) is 0 Å². The van der Waals surface area contributed by atoms with Crippen molar-refractivity contribution in [1.29, 1.82) is 0 Å². The highest BCUT2D eigenvalue weighted by molar-refractivity contribution is 6.32. The van der Waals surface area contributed by atoms with Crippen molar-refractivity contribution in [1.82, 2.24) is 28.9 Å². The van der Waals surface area contributed by atoms with Crippen LogP contribution in [-0.4, -0.2) is 36.1 Å². The molecular weight excluding hydrogens is 560 g/mol. The van der Waals surface area contributed by atoms with E-state index in [4.69, 9.17) is 27.9 Å². The summed E-state index contributed by atoms with van der Waals surface area (Å²) in [4.78, 5) is 34.7. The molecular formula is C25H17Cl2F3N6O3. The van der Waals surface area contributed by atoms with E-state index in [0.717, 1.165) is 26.1 Å². The van der Waals surface area contributed by atoms with E-state index in [0.29, 0.717) is 21.7 Å². The molecule has 0 spiro atoms. The number of aromatic nitrogens is 6. The predicted molar refractivity (Wildman–Crippen MR) is 138 cm³/mol. The molecule has 0 aliphatic heterocycles. The van der Waals surface area contributed by atoms with Gasteiger partial charge in [-0.15, -0.1) is 5.10 Å². The van der Waals surface area contributed by atoms with Gasteiger partial charge in [-0.3, -0.25) is 9.78 Å². The average molecular weight is 577 g/mol. The molecule has 0 atom stereocenters. The molecule has 39 heavy (non-hydrogen) atoms. The van der Waals surface area contributed by atoms with Crippen LogP contribution in [0.15, 0.2) is 64.4 Å². The number of halogens is 5. The lowest BCUT2D eigenvalue weighted by Crippen LogP contribution is -2.33. The van der Waals surface area contributed by atoms with Gasteiger partial charge in [0.1, 0.15) is 10.7 Å². The van der Waals surface area contributed by atoms with Gasteiger partial charge in [0.2, 0.25) is 5.88 Å². The maximum Gasteiger partial charge on any atom is 0.433 e. The Hall–Kier alpha value is -4.16. The van der Waals surface area contributed by atoms with Gasteiger partial charge >= 0.3 is 11.9 Å². The molecule has 14 heteroatoms. The summed E-state index contributed by atoms with van der Waals surface area (Å²) in [7, 11) is 2.81. The molecule has 5 aromatic rings. The maximum atomic E-state index is 13.7.